The Morgan fingerprint density at radius 3 is 1.40 bits per heavy atom. The molecular formula is C46H48N2O4. The lowest BCUT2D eigenvalue weighted by atomic mass is 9.92. The number of aromatic hydroxyl groups is 2. The molecule has 2 aromatic heterocycles. The van der Waals surface area contributed by atoms with E-state index in [1.807, 2.05) is 12.1 Å². The molecule has 4 aromatic carbocycles. The van der Waals surface area contributed by atoms with Gasteiger partial charge in [0.1, 0.15) is 34.2 Å². The van der Waals surface area contributed by atoms with Crippen LogP contribution < -0.4 is 9.47 Å². The van der Waals surface area contributed by atoms with Gasteiger partial charge in [0, 0.05) is 32.7 Å². The summed E-state index contributed by atoms with van der Waals surface area (Å²) in [5, 5.41) is 27.2. The maximum absolute atomic E-state index is 11.6. The lowest BCUT2D eigenvalue weighted by molar-refractivity contribution is 0.127. The molecule has 2 unspecified atom stereocenters. The summed E-state index contributed by atoms with van der Waals surface area (Å²) in [6, 6.07) is 11.7. The number of hydrogen-bond donors (Lipinski definition) is 4. The van der Waals surface area contributed by atoms with E-state index in [9.17, 15) is 10.2 Å². The van der Waals surface area contributed by atoms with Crippen LogP contribution in [0.25, 0.3) is 66.9 Å². The van der Waals surface area contributed by atoms with Gasteiger partial charge < -0.3 is 29.7 Å². The van der Waals surface area contributed by atoms with Crippen molar-refractivity contribution in [3.05, 3.63) is 94.1 Å². The van der Waals surface area contributed by atoms with Gasteiger partial charge in [-0.05, 0) is 153 Å². The lowest BCUT2D eigenvalue weighted by Gasteiger charge is -2.32. The number of nitrogens with one attached hydrogen (secondary N) is 2. The van der Waals surface area contributed by atoms with E-state index < -0.39 is 11.2 Å². The average Bonchev–Trinajstić information content (AvgIpc) is 3.63. The molecule has 0 amide bonds. The van der Waals surface area contributed by atoms with Gasteiger partial charge >= 0.3 is 0 Å². The summed E-state index contributed by atoms with van der Waals surface area (Å²) in [5.74, 6) is 1.91. The number of allylic oxidation sites excluding steroid dienone is 4. The molecule has 6 heteroatoms. The highest BCUT2D eigenvalue weighted by Gasteiger charge is 2.32. The summed E-state index contributed by atoms with van der Waals surface area (Å²) in [6.07, 6.45) is 16.8. The first-order valence-electron chi connectivity index (χ1n) is 18.4. The van der Waals surface area contributed by atoms with Crippen LogP contribution in [0.1, 0.15) is 89.5 Å². The first kappa shape index (κ1) is 33.8. The number of aromatic nitrogens is 2. The van der Waals surface area contributed by atoms with E-state index in [0.29, 0.717) is 11.1 Å². The molecule has 8 rings (SSSR count). The number of H-pyrrole nitrogens is 2. The van der Waals surface area contributed by atoms with E-state index in [1.54, 1.807) is 12.1 Å². The minimum atomic E-state index is -0.411. The number of phenols is 2. The van der Waals surface area contributed by atoms with Gasteiger partial charge in [-0.25, -0.2) is 0 Å². The SMILES string of the molecule is CC(C)=CCCC1(C)C=Cc2c(c(C)cc3c2[nH]c2c(-c4c(O)ccc5c4[nH]c4c6c(c(C)cc45)OC(C)(CCC=C(C)C)C=C6)c(O)ccc23)O1. The second-order valence-electron chi connectivity index (χ2n) is 15.9. The third-order valence-electron chi connectivity index (χ3n) is 11.0. The second-order valence-corrected chi connectivity index (χ2v) is 15.9. The predicted octanol–water partition coefficient (Wildman–Crippen LogP) is 12.5. The third kappa shape index (κ3) is 5.47. The molecule has 2 aliphatic heterocycles. The largest absolute Gasteiger partial charge is 0.507 e. The van der Waals surface area contributed by atoms with Gasteiger partial charge in [-0.3, -0.25) is 0 Å². The van der Waals surface area contributed by atoms with Crippen LogP contribution >= 0.6 is 0 Å². The first-order valence-corrected chi connectivity index (χ1v) is 18.4. The van der Waals surface area contributed by atoms with E-state index in [4.69, 9.17) is 9.47 Å². The number of phenolic OH excluding ortho intramolecular Hbond substituents is 2. The van der Waals surface area contributed by atoms with Crippen LogP contribution in [0.2, 0.25) is 0 Å². The molecule has 266 valence electrons. The lowest BCUT2D eigenvalue weighted by Crippen LogP contribution is -2.32. The average molecular weight is 693 g/mol. The van der Waals surface area contributed by atoms with Crippen LogP contribution in [-0.4, -0.2) is 31.4 Å². The Morgan fingerprint density at radius 2 is 1.02 bits per heavy atom. The van der Waals surface area contributed by atoms with Gasteiger partial charge in [0.25, 0.3) is 0 Å². The van der Waals surface area contributed by atoms with E-state index in [2.05, 4.69) is 114 Å². The van der Waals surface area contributed by atoms with Crippen molar-refractivity contribution in [3.63, 3.8) is 0 Å². The number of ether oxygens (including phenoxy) is 2. The molecule has 4 N–H and O–H groups in total. The summed E-state index contributed by atoms with van der Waals surface area (Å²) in [5.41, 5.74) is 10.4. The first-order chi connectivity index (χ1) is 24.8. The monoisotopic (exact) mass is 692 g/mol. The van der Waals surface area contributed by atoms with Crippen LogP contribution in [0.4, 0.5) is 0 Å². The molecule has 0 bridgehead atoms. The summed E-state index contributed by atoms with van der Waals surface area (Å²) < 4.78 is 13.5. The standard InChI is InChI=1S/C46H48N2O4/c1-25(2)11-9-19-45(7)21-17-31-39-33(23-27(5)43(31)51-45)29-13-15-35(49)37(41(29)47-39)38-36(50)16-14-30-34-24-28(6)44-32(40(34)48-42(30)38)18-22-46(8,52-44)20-10-12-26(3)4/h11-18,21-24,47-50H,9-10,19-20H2,1-8H3. The van der Waals surface area contributed by atoms with E-state index >= 15 is 0 Å². The topological polar surface area (TPSA) is 90.5 Å². The van der Waals surface area contributed by atoms with E-state index in [1.165, 1.54) is 11.1 Å². The Bertz CT molecular complexity index is 2410. The maximum Gasteiger partial charge on any atom is 0.132 e. The van der Waals surface area contributed by atoms with Crippen molar-refractivity contribution < 1.29 is 19.7 Å². The van der Waals surface area contributed by atoms with E-state index in [-0.39, 0.29) is 11.5 Å². The molecule has 6 nitrogen and oxygen atoms in total. The summed E-state index contributed by atoms with van der Waals surface area (Å²) in [6.45, 7) is 17.0. The van der Waals surface area contributed by atoms with Crippen molar-refractivity contribution in [2.45, 2.75) is 92.3 Å². The van der Waals surface area contributed by atoms with Crippen LogP contribution in [0.5, 0.6) is 23.0 Å². The van der Waals surface area contributed by atoms with Gasteiger partial charge in [-0.2, -0.15) is 0 Å². The van der Waals surface area contributed by atoms with Crippen LogP contribution in [0, 0.1) is 13.8 Å². The Balaban J connectivity index is 1.29. The minimum Gasteiger partial charge on any atom is -0.507 e. The summed E-state index contributed by atoms with van der Waals surface area (Å²) >= 11 is 0. The van der Waals surface area contributed by atoms with E-state index in [0.717, 1.165) is 103 Å². The third-order valence-corrected chi connectivity index (χ3v) is 11.0. The molecule has 0 radical (unpaired) electrons. The van der Waals surface area contributed by atoms with Gasteiger partial charge in [-0.1, -0.05) is 23.3 Å². The minimum absolute atomic E-state index is 0.0818. The smallest absolute Gasteiger partial charge is 0.132 e. The fraction of sp³-hybridized carbons (Fsp3) is 0.304. The fourth-order valence-corrected chi connectivity index (χ4v) is 8.20. The quantitative estimate of drug-likeness (QED) is 0.125. The maximum atomic E-state index is 11.6. The number of rotatable bonds is 7. The van der Waals surface area contributed by atoms with Crippen molar-refractivity contribution >= 4 is 55.8 Å². The zero-order chi connectivity index (χ0) is 36.7. The highest BCUT2D eigenvalue weighted by atomic mass is 16.5. The molecule has 6 aromatic rings. The zero-order valence-corrected chi connectivity index (χ0v) is 31.5. The number of aryl methyl sites for hydroxylation is 2. The molecule has 0 fully saturated rings. The van der Waals surface area contributed by atoms with Crippen molar-refractivity contribution in [2.75, 3.05) is 0 Å². The number of fused-ring (bicyclic) bond motifs is 10. The highest BCUT2D eigenvalue weighted by molar-refractivity contribution is 6.21. The van der Waals surface area contributed by atoms with Crippen molar-refractivity contribution in [3.8, 4) is 34.1 Å². The van der Waals surface area contributed by atoms with Crippen LogP contribution in [-0.2, 0) is 0 Å². The molecule has 2 atom stereocenters. The van der Waals surface area contributed by atoms with Crippen molar-refractivity contribution in [1.82, 2.24) is 9.97 Å². The number of aromatic amines is 2. The Morgan fingerprint density at radius 1 is 0.615 bits per heavy atom. The molecule has 0 aliphatic carbocycles. The molecule has 52 heavy (non-hydrogen) atoms. The zero-order valence-electron chi connectivity index (χ0n) is 31.5. The molecular weight excluding hydrogens is 645 g/mol. The fourth-order valence-electron chi connectivity index (χ4n) is 8.20. The molecule has 0 spiro atoms. The highest BCUT2D eigenvalue weighted by Crippen LogP contribution is 2.50. The summed E-state index contributed by atoms with van der Waals surface area (Å²) in [4.78, 5) is 7.37. The molecule has 0 saturated carbocycles. The van der Waals surface area contributed by atoms with Gasteiger partial charge in [-0.15, -0.1) is 0 Å². The Kier molecular flexibility index (Phi) is 7.87. The van der Waals surface area contributed by atoms with Gasteiger partial charge in [0.15, 0.2) is 0 Å². The second kappa shape index (κ2) is 12.1. The van der Waals surface area contributed by atoms with Gasteiger partial charge in [0.2, 0.25) is 0 Å². The predicted molar refractivity (Wildman–Crippen MR) is 217 cm³/mol. The number of benzene rings is 4. The van der Waals surface area contributed by atoms with Crippen LogP contribution in [0.15, 0.2) is 71.8 Å². The summed E-state index contributed by atoms with van der Waals surface area (Å²) in [7, 11) is 0. The molecule has 2 aliphatic rings. The molecule has 0 saturated heterocycles. The van der Waals surface area contributed by atoms with Crippen molar-refractivity contribution in [1.29, 1.82) is 0 Å². The van der Waals surface area contributed by atoms with Crippen molar-refractivity contribution in [2.24, 2.45) is 0 Å². The number of hydrogen-bond acceptors (Lipinski definition) is 4. The normalized spacial score (nSPS) is 19.2. The van der Waals surface area contributed by atoms with Gasteiger partial charge in [0.05, 0.1) is 33.2 Å². The Labute approximate surface area is 305 Å². The molecule has 4 heterocycles. The van der Waals surface area contributed by atoms with Crippen LogP contribution in [0.3, 0.4) is 0 Å². The Hall–Kier alpha value is -5.36.